The van der Waals surface area contributed by atoms with Crippen molar-refractivity contribution in [3.8, 4) is 0 Å². The van der Waals surface area contributed by atoms with Crippen molar-refractivity contribution < 1.29 is 74.1 Å². The van der Waals surface area contributed by atoms with E-state index in [9.17, 15) is 39.2 Å². The minimum absolute atomic E-state index is 0.137. The van der Waals surface area contributed by atoms with Crippen LogP contribution in [0.15, 0.2) is 29.2 Å². The third-order valence-electron chi connectivity index (χ3n) is 7.24. The summed E-state index contributed by atoms with van der Waals surface area (Å²) >= 11 is 3.02. The molecule has 1 aliphatic rings. The molecule has 0 saturated heterocycles. The zero-order chi connectivity index (χ0) is 36.3. The van der Waals surface area contributed by atoms with Crippen LogP contribution in [0.5, 0.6) is 0 Å². The fraction of sp³-hybridized carbons (Fsp3) is 0.207. The van der Waals surface area contributed by atoms with Crippen LogP contribution in [0.25, 0.3) is 0 Å². The molecule has 5 radical (unpaired) electrons. The van der Waals surface area contributed by atoms with Crippen molar-refractivity contribution >= 4 is 52.5 Å². The zero-order valence-corrected chi connectivity index (χ0v) is 28.7. The number of thioether (sulfide) groups is 1. The van der Waals surface area contributed by atoms with E-state index < -0.39 is 90.1 Å². The van der Waals surface area contributed by atoms with Gasteiger partial charge in [-0.05, 0) is 61.6 Å². The van der Waals surface area contributed by atoms with Gasteiger partial charge in [-0.15, -0.1) is 11.8 Å². The van der Waals surface area contributed by atoms with Gasteiger partial charge in [-0.3, -0.25) is 0 Å². The van der Waals surface area contributed by atoms with E-state index in [0.717, 1.165) is 23.6 Å². The molecule has 1 unspecified atom stereocenters. The molecule has 0 aliphatic heterocycles. The molecule has 3 aromatic carbocycles. The molecule has 0 heterocycles. The van der Waals surface area contributed by atoms with E-state index in [-0.39, 0.29) is 10.2 Å². The molecule has 47 heavy (non-hydrogen) atoms. The van der Waals surface area contributed by atoms with Crippen LogP contribution in [0.4, 0.5) is 56.8 Å². The molecule has 1 aliphatic carbocycles. The SMILES string of the molecule is CSc1ccccc1P(c1c(F)c(F)c(F)c(F)c1F)c1c(F)c(F)c(F)c(F)c1C[C]1[C](C)[C](C)[C](C)[C]1C.F[B-](F)(F)F.[Cl][Rh+2]. The summed E-state index contributed by atoms with van der Waals surface area (Å²) < 4.78 is 173. The van der Waals surface area contributed by atoms with Gasteiger partial charge in [0.15, 0.2) is 46.5 Å². The number of hydrogen-bond acceptors (Lipinski definition) is 1. The summed E-state index contributed by atoms with van der Waals surface area (Å²) in [5.41, 5.74) is -0.779. The van der Waals surface area contributed by atoms with Gasteiger partial charge in [0.05, 0.1) is 5.30 Å². The second kappa shape index (κ2) is 16.9. The van der Waals surface area contributed by atoms with Gasteiger partial charge in [-0.2, -0.15) is 0 Å². The molecule has 1 atom stereocenters. The molecular formula is C29H21BClF13PRhS+. The van der Waals surface area contributed by atoms with E-state index >= 15 is 17.6 Å². The first kappa shape index (κ1) is 41.7. The third kappa shape index (κ3) is 8.82. The van der Waals surface area contributed by atoms with Crippen molar-refractivity contribution in [2.75, 3.05) is 6.26 Å². The van der Waals surface area contributed by atoms with Gasteiger partial charge >= 0.3 is 34.3 Å². The molecular weight excluding hydrogens is 808 g/mol. The maximum absolute atomic E-state index is 15.8. The van der Waals surface area contributed by atoms with Crippen LogP contribution in [0.1, 0.15) is 33.3 Å². The Morgan fingerprint density at radius 2 is 0.957 bits per heavy atom. The van der Waals surface area contributed by atoms with Crippen molar-refractivity contribution in [2.45, 2.75) is 39.0 Å². The predicted octanol–water partition coefficient (Wildman–Crippen LogP) is 9.91. The fourth-order valence-electron chi connectivity index (χ4n) is 4.76. The number of hydrogen-bond donors (Lipinski definition) is 0. The summed E-state index contributed by atoms with van der Waals surface area (Å²) in [4.78, 5) is 0.223. The summed E-state index contributed by atoms with van der Waals surface area (Å²) in [6, 6.07) is 5.55. The Labute approximate surface area is 282 Å². The Hall–Kier alpha value is -1.49. The number of benzene rings is 3. The van der Waals surface area contributed by atoms with Gasteiger partial charge in [0.25, 0.3) is 0 Å². The standard InChI is InChI=1S/C29H21F9PS.BF4.ClH.Rh/c1-11-12(2)14(4)15(13(11)3)10-16-19(30)20(31)22(33)25(36)28(16)39(17-8-6-7-9-18(17)40-5)29-26(37)23(34)21(32)24(35)27(29)38;2-1(3,4)5;;/h6-9H,10H2,1-5H3;;1H;/q;-1;;+3/p-1. The fourth-order valence-corrected chi connectivity index (χ4v) is 8.36. The first-order valence-electron chi connectivity index (χ1n) is 12.8. The first-order chi connectivity index (χ1) is 21.8. The monoisotopic (exact) mass is 828 g/mol. The van der Waals surface area contributed by atoms with Crippen molar-refractivity contribution in [1.29, 1.82) is 0 Å². The molecule has 0 amide bonds. The Bertz CT molecular complexity index is 1530. The quantitative estimate of drug-likeness (QED) is 0.0596. The average molecular weight is 829 g/mol. The summed E-state index contributed by atoms with van der Waals surface area (Å²) in [7, 11) is -4.67. The van der Waals surface area contributed by atoms with Crippen LogP contribution in [0.3, 0.4) is 0 Å². The van der Waals surface area contributed by atoms with Gasteiger partial charge in [0.1, 0.15) is 0 Å². The van der Waals surface area contributed by atoms with E-state index in [0.29, 0.717) is 17.8 Å². The Kier molecular flexibility index (Phi) is 15.0. The third-order valence-corrected chi connectivity index (χ3v) is 10.8. The molecule has 3 aromatic rings. The van der Waals surface area contributed by atoms with E-state index in [1.54, 1.807) is 27.7 Å². The van der Waals surface area contributed by atoms with E-state index in [1.165, 1.54) is 30.5 Å². The van der Waals surface area contributed by atoms with Crippen LogP contribution in [-0.4, -0.2) is 13.5 Å². The van der Waals surface area contributed by atoms with Crippen molar-refractivity contribution in [1.82, 2.24) is 0 Å². The molecule has 1 saturated carbocycles. The second-order valence-corrected chi connectivity index (χ2v) is 12.6. The number of rotatable bonds is 6. The van der Waals surface area contributed by atoms with Gasteiger partial charge < -0.3 is 17.3 Å². The van der Waals surface area contributed by atoms with Crippen molar-refractivity contribution in [2.24, 2.45) is 0 Å². The van der Waals surface area contributed by atoms with Crippen LogP contribution >= 0.6 is 29.4 Å². The van der Waals surface area contributed by atoms with E-state index in [4.69, 9.17) is 0 Å². The molecule has 0 nitrogen and oxygen atoms in total. The molecule has 257 valence electrons. The molecule has 18 heteroatoms. The molecule has 0 N–H and O–H groups in total. The van der Waals surface area contributed by atoms with Crippen LogP contribution in [0.2, 0.25) is 0 Å². The van der Waals surface area contributed by atoms with Crippen molar-refractivity contribution in [3.63, 3.8) is 0 Å². The minimum atomic E-state index is -6.00. The molecule has 0 aromatic heterocycles. The van der Waals surface area contributed by atoms with Gasteiger partial charge in [0, 0.05) is 15.8 Å². The summed E-state index contributed by atoms with van der Waals surface area (Å²) in [6.07, 6.45) is 1.01. The van der Waals surface area contributed by atoms with E-state index in [2.05, 4.69) is 9.69 Å². The van der Waals surface area contributed by atoms with Crippen molar-refractivity contribution in [3.05, 3.63) is 112 Å². The Morgan fingerprint density at radius 1 is 0.596 bits per heavy atom. The van der Waals surface area contributed by atoms with Gasteiger partial charge in [0.2, 0.25) is 5.82 Å². The van der Waals surface area contributed by atoms with Crippen LogP contribution in [-0.2, 0) is 23.7 Å². The molecule has 0 spiro atoms. The average Bonchev–Trinajstić information content (AvgIpc) is 3.21. The first-order valence-corrected chi connectivity index (χ1v) is 17.4. The molecule has 0 bridgehead atoms. The summed E-state index contributed by atoms with van der Waals surface area (Å²) in [6.45, 7) is 6.93. The second-order valence-electron chi connectivity index (χ2n) is 9.66. The summed E-state index contributed by atoms with van der Waals surface area (Å²) in [5.74, 6) is -16.5. The normalized spacial score (nSPS) is 15.7. The Morgan fingerprint density at radius 3 is 1.38 bits per heavy atom. The number of halogens is 14. The molecule has 1 fully saturated rings. The molecule has 4 rings (SSSR count). The topological polar surface area (TPSA) is 0 Å². The maximum atomic E-state index is 15.8. The van der Waals surface area contributed by atoms with Crippen LogP contribution in [0, 0.1) is 81.9 Å². The predicted molar refractivity (Wildman–Crippen MR) is 155 cm³/mol. The van der Waals surface area contributed by atoms with E-state index in [1.807, 2.05) is 17.3 Å². The Balaban J connectivity index is 0.00000100. The van der Waals surface area contributed by atoms with Crippen LogP contribution < -0.4 is 15.9 Å². The summed E-state index contributed by atoms with van der Waals surface area (Å²) in [5, 5.41) is -2.60. The van der Waals surface area contributed by atoms with Gasteiger partial charge in [-0.1, -0.05) is 45.9 Å². The van der Waals surface area contributed by atoms with Gasteiger partial charge in [-0.25, -0.2) is 39.5 Å². The zero-order valence-electron chi connectivity index (χ0n) is 24.6.